The first-order chi connectivity index (χ1) is 11.3. The first kappa shape index (κ1) is 18.7. The van der Waals surface area contributed by atoms with E-state index in [9.17, 15) is 13.2 Å². The second-order valence-electron chi connectivity index (χ2n) is 6.32. The summed E-state index contributed by atoms with van der Waals surface area (Å²) < 4.78 is 32.6. The van der Waals surface area contributed by atoms with Gasteiger partial charge in [0.2, 0.25) is 15.9 Å². The van der Waals surface area contributed by atoms with Crippen molar-refractivity contribution < 1.29 is 17.9 Å². The summed E-state index contributed by atoms with van der Waals surface area (Å²) in [6, 6.07) is 3.51. The molecule has 0 heterocycles. The number of benzene rings is 1. The van der Waals surface area contributed by atoms with Gasteiger partial charge in [-0.05, 0) is 49.9 Å². The van der Waals surface area contributed by atoms with Crippen molar-refractivity contribution in [3.63, 3.8) is 0 Å². The van der Waals surface area contributed by atoms with Crippen LogP contribution in [0, 0.1) is 13.8 Å². The van der Waals surface area contributed by atoms with Crippen LogP contribution in [0.2, 0.25) is 0 Å². The topological polar surface area (TPSA) is 84.5 Å². The minimum atomic E-state index is -3.75. The Morgan fingerprint density at radius 1 is 1.17 bits per heavy atom. The Bertz CT molecular complexity index is 672. The van der Waals surface area contributed by atoms with Crippen LogP contribution in [0.15, 0.2) is 17.0 Å². The predicted molar refractivity (Wildman–Crippen MR) is 92.7 cm³/mol. The molecule has 0 atom stereocenters. The van der Waals surface area contributed by atoms with E-state index >= 15 is 0 Å². The Hall–Kier alpha value is -1.60. The maximum absolute atomic E-state index is 12.5. The smallest absolute Gasteiger partial charge is 0.241 e. The second-order valence-corrected chi connectivity index (χ2v) is 8.02. The maximum atomic E-state index is 12.5. The number of carbonyl (C=O) groups is 1. The van der Waals surface area contributed by atoms with Crippen LogP contribution in [0.1, 0.15) is 43.2 Å². The number of carbonyl (C=O) groups excluding carboxylic acids is 1. The van der Waals surface area contributed by atoms with Crippen LogP contribution < -0.4 is 14.8 Å². The van der Waals surface area contributed by atoms with Gasteiger partial charge in [-0.1, -0.05) is 19.3 Å². The molecule has 6 nitrogen and oxygen atoms in total. The fraction of sp³-hybridized carbons (Fsp3) is 0.588. The Balaban J connectivity index is 2.02. The van der Waals surface area contributed by atoms with Crippen LogP contribution >= 0.6 is 0 Å². The zero-order valence-electron chi connectivity index (χ0n) is 14.5. The van der Waals surface area contributed by atoms with Crippen molar-refractivity contribution in [3.05, 3.63) is 23.3 Å². The zero-order chi connectivity index (χ0) is 17.7. The van der Waals surface area contributed by atoms with Gasteiger partial charge in [0.1, 0.15) is 5.75 Å². The third-order valence-corrected chi connectivity index (χ3v) is 6.04. The molecule has 0 bridgehead atoms. The van der Waals surface area contributed by atoms with E-state index in [0.717, 1.165) is 25.7 Å². The van der Waals surface area contributed by atoms with Crippen molar-refractivity contribution in [2.45, 2.75) is 56.9 Å². The minimum Gasteiger partial charge on any atom is -0.497 e. The summed E-state index contributed by atoms with van der Waals surface area (Å²) in [7, 11) is -2.21. The van der Waals surface area contributed by atoms with Gasteiger partial charge in [-0.15, -0.1) is 0 Å². The van der Waals surface area contributed by atoms with Crippen LogP contribution in [0.5, 0.6) is 5.75 Å². The summed E-state index contributed by atoms with van der Waals surface area (Å²) in [5, 5.41) is 2.90. The molecule has 0 aliphatic heterocycles. The molecule has 0 unspecified atom stereocenters. The SMILES string of the molecule is COc1cc(C)c(S(=O)(=O)NCC(=O)NC2CCCCC2)c(C)c1. The van der Waals surface area contributed by atoms with E-state index in [4.69, 9.17) is 4.74 Å². The molecule has 2 rings (SSSR count). The number of amides is 1. The van der Waals surface area contributed by atoms with Gasteiger partial charge in [0.25, 0.3) is 0 Å². The van der Waals surface area contributed by atoms with Gasteiger partial charge < -0.3 is 10.1 Å². The Kier molecular flexibility index (Phi) is 6.23. The standard InChI is InChI=1S/C17H26N2O4S/c1-12-9-15(23-3)10-13(2)17(12)24(21,22)18-11-16(20)19-14-7-5-4-6-8-14/h9-10,14,18H,4-8,11H2,1-3H3,(H,19,20). The highest BCUT2D eigenvalue weighted by atomic mass is 32.2. The molecular weight excluding hydrogens is 328 g/mol. The first-order valence-corrected chi connectivity index (χ1v) is 9.76. The normalized spacial score (nSPS) is 16.0. The Morgan fingerprint density at radius 2 is 1.75 bits per heavy atom. The molecule has 1 aromatic carbocycles. The molecular formula is C17H26N2O4S. The van der Waals surface area contributed by atoms with Crippen molar-refractivity contribution >= 4 is 15.9 Å². The van der Waals surface area contributed by atoms with Gasteiger partial charge in [-0.3, -0.25) is 4.79 Å². The lowest BCUT2D eigenvalue weighted by molar-refractivity contribution is -0.120. The number of nitrogens with one attached hydrogen (secondary N) is 2. The Morgan fingerprint density at radius 3 is 2.29 bits per heavy atom. The van der Waals surface area contributed by atoms with E-state index in [1.165, 1.54) is 13.5 Å². The van der Waals surface area contributed by atoms with Crippen molar-refractivity contribution in [2.75, 3.05) is 13.7 Å². The van der Waals surface area contributed by atoms with Crippen LogP contribution in [-0.4, -0.2) is 34.0 Å². The van der Waals surface area contributed by atoms with Gasteiger partial charge in [-0.25, -0.2) is 13.1 Å². The van der Waals surface area contributed by atoms with E-state index in [1.54, 1.807) is 26.0 Å². The fourth-order valence-electron chi connectivity index (χ4n) is 3.21. The summed E-state index contributed by atoms with van der Waals surface area (Å²) in [4.78, 5) is 12.2. The molecule has 0 spiro atoms. The zero-order valence-corrected chi connectivity index (χ0v) is 15.3. The van der Waals surface area contributed by atoms with Crippen LogP contribution in [0.4, 0.5) is 0 Å². The molecule has 2 N–H and O–H groups in total. The van der Waals surface area contributed by atoms with E-state index in [2.05, 4.69) is 10.0 Å². The maximum Gasteiger partial charge on any atom is 0.241 e. The van der Waals surface area contributed by atoms with Crippen LogP contribution in [-0.2, 0) is 14.8 Å². The number of ether oxygens (including phenoxy) is 1. The monoisotopic (exact) mass is 354 g/mol. The number of aryl methyl sites for hydroxylation is 2. The van der Waals surface area contributed by atoms with E-state index in [-0.39, 0.29) is 23.4 Å². The molecule has 0 radical (unpaired) electrons. The molecule has 1 aromatic rings. The van der Waals surface area contributed by atoms with Crippen LogP contribution in [0.25, 0.3) is 0 Å². The summed E-state index contributed by atoms with van der Waals surface area (Å²) >= 11 is 0. The molecule has 0 saturated heterocycles. The van der Waals surface area contributed by atoms with Crippen LogP contribution in [0.3, 0.4) is 0 Å². The first-order valence-electron chi connectivity index (χ1n) is 8.28. The minimum absolute atomic E-state index is 0.167. The second kappa shape index (κ2) is 7.98. The summed E-state index contributed by atoms with van der Waals surface area (Å²) in [6.07, 6.45) is 5.36. The van der Waals surface area contributed by atoms with Crippen molar-refractivity contribution in [3.8, 4) is 5.75 Å². The quantitative estimate of drug-likeness (QED) is 0.819. The number of methoxy groups -OCH3 is 1. The number of hydrogen-bond acceptors (Lipinski definition) is 4. The van der Waals surface area contributed by atoms with Crippen molar-refractivity contribution in [1.29, 1.82) is 0 Å². The average Bonchev–Trinajstić information content (AvgIpc) is 2.53. The average molecular weight is 354 g/mol. The number of hydrogen-bond donors (Lipinski definition) is 2. The van der Waals surface area contributed by atoms with Crippen molar-refractivity contribution in [2.24, 2.45) is 0 Å². The molecule has 1 aliphatic carbocycles. The van der Waals surface area contributed by atoms with E-state index in [1.807, 2.05) is 0 Å². The van der Waals surface area contributed by atoms with E-state index in [0.29, 0.717) is 16.9 Å². The summed E-state index contributed by atoms with van der Waals surface area (Å²) in [5.41, 5.74) is 1.18. The van der Waals surface area contributed by atoms with Crippen molar-refractivity contribution in [1.82, 2.24) is 10.0 Å². The van der Waals surface area contributed by atoms with Gasteiger partial charge in [-0.2, -0.15) is 0 Å². The number of sulfonamides is 1. The van der Waals surface area contributed by atoms with Gasteiger partial charge in [0.05, 0.1) is 18.6 Å². The molecule has 1 saturated carbocycles. The highest BCUT2D eigenvalue weighted by Crippen LogP contribution is 2.25. The molecule has 7 heteroatoms. The van der Waals surface area contributed by atoms with Gasteiger partial charge in [0, 0.05) is 6.04 Å². The lowest BCUT2D eigenvalue weighted by Crippen LogP contribution is -2.42. The molecule has 134 valence electrons. The lowest BCUT2D eigenvalue weighted by atomic mass is 9.95. The Labute approximate surface area is 144 Å². The van der Waals surface area contributed by atoms with Gasteiger partial charge >= 0.3 is 0 Å². The fourth-order valence-corrected chi connectivity index (χ4v) is 4.64. The van der Waals surface area contributed by atoms with Gasteiger partial charge in [0.15, 0.2) is 0 Å². The summed E-state index contributed by atoms with van der Waals surface area (Å²) in [5.74, 6) is 0.327. The molecule has 24 heavy (non-hydrogen) atoms. The molecule has 1 fully saturated rings. The summed E-state index contributed by atoms with van der Waals surface area (Å²) in [6.45, 7) is 3.18. The molecule has 1 aliphatic rings. The largest absolute Gasteiger partial charge is 0.497 e. The third kappa shape index (κ3) is 4.70. The molecule has 0 aromatic heterocycles. The number of rotatable bonds is 6. The molecule has 1 amide bonds. The highest BCUT2D eigenvalue weighted by molar-refractivity contribution is 7.89. The third-order valence-electron chi connectivity index (χ3n) is 4.33. The lowest BCUT2D eigenvalue weighted by Gasteiger charge is -2.22. The predicted octanol–water partition coefficient (Wildman–Crippen LogP) is 2.04. The van der Waals surface area contributed by atoms with E-state index < -0.39 is 10.0 Å². The highest BCUT2D eigenvalue weighted by Gasteiger charge is 2.22.